The molecule has 0 bridgehead atoms. The summed E-state index contributed by atoms with van der Waals surface area (Å²) in [5.41, 5.74) is 2.82. The molecule has 1 rings (SSSR count). The number of aryl methyl sites for hydroxylation is 1. The molecule has 0 aliphatic carbocycles. The Hall–Kier alpha value is -0.820. The van der Waals surface area contributed by atoms with Crippen LogP contribution in [0.2, 0.25) is 0 Å². The Kier molecular flexibility index (Phi) is 8.02. The largest absolute Gasteiger partial charge is 0.310 e. The maximum Gasteiger partial charge on any atom is 0.0320 e. The molecule has 1 N–H and O–H groups in total. The minimum absolute atomic E-state index is 0.520. The van der Waals surface area contributed by atoms with E-state index in [1.165, 1.54) is 11.1 Å². The number of benzene rings is 1. The average molecular weight is 207 g/mol. The van der Waals surface area contributed by atoms with E-state index in [9.17, 15) is 0 Å². The van der Waals surface area contributed by atoms with E-state index in [0.717, 1.165) is 13.0 Å². The first-order valence-electron chi connectivity index (χ1n) is 6.08. The zero-order valence-electron chi connectivity index (χ0n) is 10.8. The van der Waals surface area contributed by atoms with E-state index in [1.807, 2.05) is 13.8 Å². The van der Waals surface area contributed by atoms with Gasteiger partial charge < -0.3 is 5.32 Å². The number of hydrogen-bond donors (Lipinski definition) is 1. The van der Waals surface area contributed by atoms with Gasteiger partial charge in [-0.05, 0) is 31.0 Å². The molecule has 1 nitrogen and oxygen atoms in total. The van der Waals surface area contributed by atoms with E-state index < -0.39 is 0 Å². The van der Waals surface area contributed by atoms with Crippen LogP contribution in [0.4, 0.5) is 0 Å². The van der Waals surface area contributed by atoms with Gasteiger partial charge in [-0.25, -0.2) is 0 Å². The molecule has 1 unspecified atom stereocenters. The second-order valence-corrected chi connectivity index (χ2v) is 3.38. The lowest BCUT2D eigenvalue weighted by atomic mass is 9.99. The molecular formula is C14H25N. The molecule has 1 aromatic rings. The predicted molar refractivity (Wildman–Crippen MR) is 69.2 cm³/mol. The van der Waals surface area contributed by atoms with Crippen LogP contribution in [0.1, 0.15) is 51.3 Å². The van der Waals surface area contributed by atoms with Crippen molar-refractivity contribution in [2.75, 3.05) is 6.54 Å². The first kappa shape index (κ1) is 14.2. The fourth-order valence-electron chi connectivity index (χ4n) is 1.70. The highest BCUT2D eigenvalue weighted by molar-refractivity contribution is 5.28. The molecule has 0 amide bonds. The van der Waals surface area contributed by atoms with Gasteiger partial charge in [0.1, 0.15) is 0 Å². The highest BCUT2D eigenvalue weighted by Gasteiger charge is 2.08. The molecule has 0 saturated heterocycles. The molecule has 0 aliphatic heterocycles. The Morgan fingerprint density at radius 1 is 1.13 bits per heavy atom. The minimum atomic E-state index is 0.520. The van der Waals surface area contributed by atoms with Gasteiger partial charge >= 0.3 is 0 Å². The summed E-state index contributed by atoms with van der Waals surface area (Å²) in [5, 5.41) is 3.49. The Balaban J connectivity index is 0.000000921. The van der Waals surface area contributed by atoms with Crippen LogP contribution in [0.15, 0.2) is 24.3 Å². The van der Waals surface area contributed by atoms with Crippen LogP contribution >= 0.6 is 0 Å². The van der Waals surface area contributed by atoms with Gasteiger partial charge in [0.15, 0.2) is 0 Å². The minimum Gasteiger partial charge on any atom is -0.310 e. The van der Waals surface area contributed by atoms with Gasteiger partial charge in [0, 0.05) is 6.04 Å². The van der Waals surface area contributed by atoms with Crippen molar-refractivity contribution in [3.05, 3.63) is 35.4 Å². The van der Waals surface area contributed by atoms with Crippen LogP contribution in [-0.4, -0.2) is 6.54 Å². The van der Waals surface area contributed by atoms with Crippen molar-refractivity contribution in [2.24, 2.45) is 0 Å². The Morgan fingerprint density at radius 3 is 2.20 bits per heavy atom. The van der Waals surface area contributed by atoms with Gasteiger partial charge in [-0.15, -0.1) is 0 Å². The van der Waals surface area contributed by atoms with E-state index in [-0.39, 0.29) is 0 Å². The van der Waals surface area contributed by atoms with Crippen LogP contribution < -0.4 is 5.32 Å². The Bertz CT molecular complexity index is 255. The van der Waals surface area contributed by atoms with Crippen LogP contribution in [0.25, 0.3) is 0 Å². The van der Waals surface area contributed by atoms with Crippen LogP contribution in [0, 0.1) is 6.92 Å². The number of rotatable bonds is 4. The van der Waals surface area contributed by atoms with Crippen LogP contribution in [-0.2, 0) is 0 Å². The third kappa shape index (κ3) is 4.48. The van der Waals surface area contributed by atoms with Crippen molar-refractivity contribution >= 4 is 0 Å². The molecule has 0 heterocycles. The quantitative estimate of drug-likeness (QED) is 0.784. The zero-order valence-corrected chi connectivity index (χ0v) is 10.8. The number of hydrogen-bond acceptors (Lipinski definition) is 1. The third-order valence-corrected chi connectivity index (χ3v) is 2.42. The van der Waals surface area contributed by atoms with E-state index in [1.54, 1.807) is 0 Å². The fourth-order valence-corrected chi connectivity index (χ4v) is 1.70. The smallest absolute Gasteiger partial charge is 0.0320 e. The van der Waals surface area contributed by atoms with Crippen molar-refractivity contribution in [3.63, 3.8) is 0 Å². The zero-order chi connectivity index (χ0) is 11.7. The summed E-state index contributed by atoms with van der Waals surface area (Å²) < 4.78 is 0. The fraction of sp³-hybridized carbons (Fsp3) is 0.571. The van der Waals surface area contributed by atoms with Gasteiger partial charge in [-0.2, -0.15) is 0 Å². The Labute approximate surface area is 94.9 Å². The van der Waals surface area contributed by atoms with Crippen molar-refractivity contribution in [1.82, 2.24) is 5.32 Å². The van der Waals surface area contributed by atoms with Crippen molar-refractivity contribution in [1.29, 1.82) is 0 Å². The average Bonchev–Trinajstić information content (AvgIpc) is 2.30. The predicted octanol–water partition coefficient (Wildman–Crippen LogP) is 4.08. The molecule has 0 saturated carbocycles. The summed E-state index contributed by atoms with van der Waals surface area (Å²) in [4.78, 5) is 0. The molecule has 86 valence electrons. The van der Waals surface area contributed by atoms with E-state index in [2.05, 4.69) is 50.4 Å². The molecule has 15 heavy (non-hydrogen) atoms. The van der Waals surface area contributed by atoms with Crippen LogP contribution in [0.3, 0.4) is 0 Å². The highest BCUT2D eigenvalue weighted by Crippen LogP contribution is 2.19. The van der Waals surface area contributed by atoms with E-state index >= 15 is 0 Å². The molecule has 1 aromatic carbocycles. The standard InChI is InChI=1S/C12H19N.C2H6/c1-4-12(13-5-2)11-9-7-6-8-10(11)3;1-2/h6-9,12-13H,4-5H2,1-3H3;1-2H3. The highest BCUT2D eigenvalue weighted by atomic mass is 14.9. The first-order chi connectivity index (χ1) is 7.29. The number of nitrogens with one attached hydrogen (secondary N) is 1. The molecule has 0 aliphatic rings. The molecule has 1 atom stereocenters. The van der Waals surface area contributed by atoms with Gasteiger partial charge in [0.05, 0.1) is 0 Å². The SMILES string of the molecule is CC.CCNC(CC)c1ccccc1C. The van der Waals surface area contributed by atoms with Gasteiger partial charge in [-0.3, -0.25) is 0 Å². The van der Waals surface area contributed by atoms with Crippen molar-refractivity contribution < 1.29 is 0 Å². The molecule has 0 spiro atoms. The monoisotopic (exact) mass is 207 g/mol. The summed E-state index contributed by atoms with van der Waals surface area (Å²) in [6.45, 7) is 11.6. The second-order valence-electron chi connectivity index (χ2n) is 3.38. The molecule has 0 aromatic heterocycles. The summed E-state index contributed by atoms with van der Waals surface area (Å²) >= 11 is 0. The van der Waals surface area contributed by atoms with Crippen LogP contribution in [0.5, 0.6) is 0 Å². The van der Waals surface area contributed by atoms with E-state index in [4.69, 9.17) is 0 Å². The summed E-state index contributed by atoms with van der Waals surface area (Å²) in [5.74, 6) is 0. The molecule has 0 fully saturated rings. The molecule has 0 radical (unpaired) electrons. The summed E-state index contributed by atoms with van der Waals surface area (Å²) in [6, 6.07) is 9.12. The lowest BCUT2D eigenvalue weighted by molar-refractivity contribution is 0.535. The topological polar surface area (TPSA) is 12.0 Å². The first-order valence-corrected chi connectivity index (χ1v) is 6.08. The Morgan fingerprint density at radius 2 is 1.73 bits per heavy atom. The summed E-state index contributed by atoms with van der Waals surface area (Å²) in [6.07, 6.45) is 1.15. The second kappa shape index (κ2) is 8.49. The van der Waals surface area contributed by atoms with Gasteiger partial charge in [-0.1, -0.05) is 52.0 Å². The lowest BCUT2D eigenvalue weighted by Gasteiger charge is -2.18. The maximum atomic E-state index is 3.49. The van der Waals surface area contributed by atoms with Gasteiger partial charge in [0.2, 0.25) is 0 Å². The molecule has 1 heteroatoms. The molecular weight excluding hydrogens is 182 g/mol. The normalized spacial score (nSPS) is 11.5. The van der Waals surface area contributed by atoms with Crippen molar-refractivity contribution in [3.8, 4) is 0 Å². The third-order valence-electron chi connectivity index (χ3n) is 2.42. The summed E-state index contributed by atoms with van der Waals surface area (Å²) in [7, 11) is 0. The van der Waals surface area contributed by atoms with E-state index in [0.29, 0.717) is 6.04 Å². The van der Waals surface area contributed by atoms with Gasteiger partial charge in [0.25, 0.3) is 0 Å². The maximum absolute atomic E-state index is 3.49. The van der Waals surface area contributed by atoms with Crippen molar-refractivity contribution in [2.45, 2.75) is 47.1 Å². The lowest BCUT2D eigenvalue weighted by Crippen LogP contribution is -2.20.